The van der Waals surface area contributed by atoms with E-state index in [-0.39, 0.29) is 39.0 Å². The van der Waals surface area contributed by atoms with Crippen molar-refractivity contribution in [2.45, 2.75) is 13.0 Å². The molecule has 4 aromatic heterocycles. The summed E-state index contributed by atoms with van der Waals surface area (Å²) in [6.07, 6.45) is 1.86. The van der Waals surface area contributed by atoms with Crippen LogP contribution >= 0.6 is 11.6 Å². The molecule has 0 unspecified atom stereocenters. The number of amides is 2. The molecule has 0 aliphatic rings. The molecule has 0 saturated carbocycles. The Morgan fingerprint density at radius 3 is 2.59 bits per heavy atom. The van der Waals surface area contributed by atoms with Gasteiger partial charge in [-0.3, -0.25) is 20.1 Å². The molecule has 11 nitrogen and oxygen atoms in total. The summed E-state index contributed by atoms with van der Waals surface area (Å²) in [4.78, 5) is 35.9. The number of pyridine rings is 3. The number of aryl methyl sites for hydroxylation is 1. The molecule has 0 aliphatic carbocycles. The van der Waals surface area contributed by atoms with Crippen LogP contribution in [0.1, 0.15) is 28.9 Å². The molecule has 0 bridgehead atoms. The van der Waals surface area contributed by atoms with Crippen LogP contribution in [0.5, 0.6) is 0 Å². The quantitative estimate of drug-likeness (QED) is 0.351. The van der Waals surface area contributed by atoms with Crippen LogP contribution in [0.15, 0.2) is 43.0 Å². The van der Waals surface area contributed by atoms with Gasteiger partial charge in [-0.15, -0.1) is 5.10 Å². The summed E-state index contributed by atoms with van der Waals surface area (Å²) in [5.74, 6) is -3.20. The van der Waals surface area contributed by atoms with E-state index in [0.29, 0.717) is 6.20 Å². The summed E-state index contributed by atoms with van der Waals surface area (Å²) in [5.41, 5.74) is 0.272. The molecule has 4 aromatic rings. The number of halogens is 4. The van der Waals surface area contributed by atoms with Crippen molar-refractivity contribution in [3.63, 3.8) is 0 Å². The van der Waals surface area contributed by atoms with Crippen LogP contribution in [0.4, 0.5) is 29.5 Å². The van der Waals surface area contributed by atoms with Crippen LogP contribution in [0.2, 0.25) is 5.02 Å². The van der Waals surface area contributed by atoms with Crippen molar-refractivity contribution in [2.24, 2.45) is 7.05 Å². The van der Waals surface area contributed by atoms with Gasteiger partial charge >= 0.3 is 6.09 Å². The van der Waals surface area contributed by atoms with Crippen molar-refractivity contribution in [1.82, 2.24) is 29.9 Å². The number of rotatable bonds is 6. The number of hydrogen-bond acceptors (Lipinski definition) is 8. The van der Waals surface area contributed by atoms with Gasteiger partial charge in [0, 0.05) is 13.2 Å². The minimum atomic E-state index is -1.16. The molecule has 2 amide bonds. The normalized spacial score (nSPS) is 11.6. The zero-order chi connectivity index (χ0) is 26.7. The Morgan fingerprint density at radius 1 is 1.08 bits per heavy atom. The Bertz CT molecular complexity index is 1480. The van der Waals surface area contributed by atoms with Gasteiger partial charge in [-0.05, 0) is 25.1 Å². The van der Waals surface area contributed by atoms with Crippen molar-refractivity contribution < 1.29 is 27.5 Å². The first-order chi connectivity index (χ1) is 17.6. The first-order valence-electron chi connectivity index (χ1n) is 10.4. The molecule has 2 N–H and O–H groups in total. The highest BCUT2D eigenvalue weighted by Crippen LogP contribution is 2.26. The SMILES string of the molecule is C[C@@H](OC(=O)Nc1c(-c2ccc(NC(=O)c3cncc(F)c3Cl)cn2)nnn1C)c1cc(F)cnc1F. The molecule has 37 heavy (non-hydrogen) atoms. The van der Waals surface area contributed by atoms with E-state index >= 15 is 0 Å². The van der Waals surface area contributed by atoms with E-state index in [9.17, 15) is 22.8 Å². The lowest BCUT2D eigenvalue weighted by Gasteiger charge is -2.15. The third-order valence-electron chi connectivity index (χ3n) is 4.95. The van der Waals surface area contributed by atoms with Gasteiger partial charge in [-0.1, -0.05) is 16.8 Å². The summed E-state index contributed by atoms with van der Waals surface area (Å²) in [6, 6.07) is 3.85. The maximum atomic E-state index is 13.9. The topological polar surface area (TPSA) is 137 Å². The van der Waals surface area contributed by atoms with Gasteiger partial charge in [0.2, 0.25) is 5.95 Å². The van der Waals surface area contributed by atoms with E-state index in [1.54, 1.807) is 0 Å². The predicted molar refractivity (Wildman–Crippen MR) is 124 cm³/mol. The molecule has 0 aliphatic heterocycles. The van der Waals surface area contributed by atoms with Crippen LogP contribution in [-0.2, 0) is 11.8 Å². The minimum Gasteiger partial charge on any atom is -0.441 e. The predicted octanol–water partition coefficient (Wildman–Crippen LogP) is 4.30. The van der Waals surface area contributed by atoms with Crippen LogP contribution in [0.3, 0.4) is 0 Å². The standard InChI is InChI=1S/C22H16ClF3N8O3/c1-10(13-5-11(24)6-29-19(13)26)37-22(36)31-20-18(32-33-34(20)2)16-4-3-12(7-28-16)30-21(35)14-8-27-9-15(25)17(14)23/h3-10H,1-2H3,(H,30,35)(H,31,36)/t10-/m1/s1. The monoisotopic (exact) mass is 532 g/mol. The highest BCUT2D eigenvalue weighted by molar-refractivity contribution is 6.34. The van der Waals surface area contributed by atoms with E-state index in [1.165, 1.54) is 37.0 Å². The number of hydrogen-bond donors (Lipinski definition) is 2. The average molecular weight is 533 g/mol. The van der Waals surface area contributed by atoms with E-state index in [1.807, 2.05) is 0 Å². The molecule has 15 heteroatoms. The Kier molecular flexibility index (Phi) is 7.29. The van der Waals surface area contributed by atoms with Gasteiger partial charge in [0.25, 0.3) is 5.91 Å². The Hall–Kier alpha value is -4.59. The number of aromatic nitrogens is 6. The summed E-state index contributed by atoms with van der Waals surface area (Å²) in [7, 11) is 1.50. The number of nitrogens with one attached hydrogen (secondary N) is 2. The third-order valence-corrected chi connectivity index (χ3v) is 5.33. The molecule has 0 saturated heterocycles. The van der Waals surface area contributed by atoms with Gasteiger partial charge < -0.3 is 10.1 Å². The van der Waals surface area contributed by atoms with E-state index in [4.69, 9.17) is 16.3 Å². The fourth-order valence-corrected chi connectivity index (χ4v) is 3.31. The Morgan fingerprint density at radius 2 is 1.86 bits per heavy atom. The Balaban J connectivity index is 1.47. The van der Waals surface area contributed by atoms with Gasteiger partial charge in [0.1, 0.15) is 11.9 Å². The van der Waals surface area contributed by atoms with Crippen molar-refractivity contribution in [3.8, 4) is 11.4 Å². The second-order valence-electron chi connectivity index (χ2n) is 7.49. The van der Waals surface area contributed by atoms with Gasteiger partial charge in [-0.2, -0.15) is 4.39 Å². The molecule has 1 atom stereocenters. The summed E-state index contributed by atoms with van der Waals surface area (Å²) < 4.78 is 47.2. The maximum absolute atomic E-state index is 13.9. The third kappa shape index (κ3) is 5.64. The second kappa shape index (κ2) is 10.6. The van der Waals surface area contributed by atoms with Crippen LogP contribution in [0, 0.1) is 17.6 Å². The average Bonchev–Trinajstić information content (AvgIpc) is 3.22. The van der Waals surface area contributed by atoms with Crippen LogP contribution in [-0.4, -0.2) is 41.9 Å². The lowest BCUT2D eigenvalue weighted by molar-refractivity contribution is 0.102. The summed E-state index contributed by atoms with van der Waals surface area (Å²) in [6.45, 7) is 1.35. The number of nitrogens with zero attached hydrogens (tertiary/aromatic N) is 6. The van der Waals surface area contributed by atoms with Crippen molar-refractivity contribution >= 4 is 35.1 Å². The summed E-state index contributed by atoms with van der Waals surface area (Å²) >= 11 is 5.81. The first-order valence-corrected chi connectivity index (χ1v) is 10.8. The van der Waals surface area contributed by atoms with E-state index in [0.717, 1.165) is 18.5 Å². The minimum absolute atomic E-state index is 0.0944. The molecule has 0 aromatic carbocycles. The summed E-state index contributed by atoms with van der Waals surface area (Å²) in [5, 5.41) is 12.4. The zero-order valence-electron chi connectivity index (χ0n) is 19.0. The van der Waals surface area contributed by atoms with Gasteiger partial charge in [0.15, 0.2) is 17.3 Å². The molecule has 0 spiro atoms. The number of anilines is 2. The van der Waals surface area contributed by atoms with Crippen LogP contribution < -0.4 is 10.6 Å². The molecule has 4 rings (SSSR count). The largest absolute Gasteiger partial charge is 0.441 e. The smallest absolute Gasteiger partial charge is 0.413 e. The highest BCUT2D eigenvalue weighted by Gasteiger charge is 2.22. The van der Waals surface area contributed by atoms with Crippen molar-refractivity contribution in [3.05, 3.63) is 76.7 Å². The fraction of sp³-hybridized carbons (Fsp3) is 0.136. The molecular formula is C22H16ClF3N8O3. The molecule has 4 heterocycles. The second-order valence-corrected chi connectivity index (χ2v) is 7.86. The van der Waals surface area contributed by atoms with Crippen molar-refractivity contribution in [2.75, 3.05) is 10.6 Å². The van der Waals surface area contributed by atoms with Gasteiger partial charge in [-0.25, -0.2) is 23.2 Å². The first kappa shape index (κ1) is 25.5. The molecular weight excluding hydrogens is 517 g/mol. The number of carbonyl (C=O) groups is 2. The van der Waals surface area contributed by atoms with Gasteiger partial charge in [0.05, 0.1) is 46.1 Å². The van der Waals surface area contributed by atoms with Crippen LogP contribution in [0.25, 0.3) is 11.4 Å². The number of ether oxygens (including phenoxy) is 1. The molecule has 0 fully saturated rings. The molecule has 0 radical (unpaired) electrons. The van der Waals surface area contributed by atoms with E-state index in [2.05, 4.69) is 35.9 Å². The fourth-order valence-electron chi connectivity index (χ4n) is 3.13. The molecule has 190 valence electrons. The lowest BCUT2D eigenvalue weighted by atomic mass is 10.2. The maximum Gasteiger partial charge on any atom is 0.413 e. The van der Waals surface area contributed by atoms with Crippen molar-refractivity contribution in [1.29, 1.82) is 0 Å². The Labute approximate surface area is 211 Å². The highest BCUT2D eigenvalue weighted by atomic mass is 35.5. The zero-order valence-corrected chi connectivity index (χ0v) is 19.8. The van der Waals surface area contributed by atoms with E-state index < -0.39 is 35.7 Å². The lowest BCUT2D eigenvalue weighted by Crippen LogP contribution is -2.19. The number of carbonyl (C=O) groups excluding carboxylic acids is 2.